The van der Waals surface area contributed by atoms with Gasteiger partial charge in [-0.2, -0.15) is 4.98 Å². The maximum atomic E-state index is 5.71. The fourth-order valence-corrected chi connectivity index (χ4v) is 3.17. The Hall–Kier alpha value is -3.15. The zero-order chi connectivity index (χ0) is 15.9. The number of benzene rings is 2. The fraction of sp³-hybridized carbons (Fsp3) is 0.167. The van der Waals surface area contributed by atoms with Gasteiger partial charge in [-0.15, -0.1) is 0 Å². The van der Waals surface area contributed by atoms with Crippen molar-refractivity contribution in [3.05, 3.63) is 60.2 Å². The quantitative estimate of drug-likeness (QED) is 0.612. The Kier molecular flexibility index (Phi) is 2.88. The van der Waals surface area contributed by atoms with Crippen LogP contribution in [0.1, 0.15) is 23.8 Å². The summed E-state index contributed by atoms with van der Waals surface area (Å²) in [5.41, 5.74) is 3.88. The van der Waals surface area contributed by atoms with Crippen LogP contribution in [-0.4, -0.2) is 26.7 Å². The second-order valence-electron chi connectivity index (χ2n) is 5.82. The molecule has 5 rings (SSSR count). The smallest absolute Gasteiger partial charge is 0.234 e. The van der Waals surface area contributed by atoms with E-state index >= 15 is 0 Å². The third-order valence-electron chi connectivity index (χ3n) is 4.38. The van der Waals surface area contributed by atoms with E-state index in [4.69, 9.17) is 9.26 Å². The molecule has 1 aliphatic heterocycles. The van der Waals surface area contributed by atoms with Crippen LogP contribution in [0.2, 0.25) is 0 Å². The molecule has 0 saturated heterocycles. The highest BCUT2D eigenvalue weighted by Crippen LogP contribution is 2.37. The van der Waals surface area contributed by atoms with Crippen molar-refractivity contribution in [1.29, 1.82) is 0 Å². The summed E-state index contributed by atoms with van der Waals surface area (Å²) in [6.07, 6.45) is 2.51. The van der Waals surface area contributed by atoms with Crippen molar-refractivity contribution in [2.45, 2.75) is 12.3 Å². The van der Waals surface area contributed by atoms with E-state index in [2.05, 4.69) is 26.2 Å². The number of imidazole rings is 1. The number of aromatic nitrogens is 4. The first-order valence-electron chi connectivity index (χ1n) is 7.87. The van der Waals surface area contributed by atoms with Crippen LogP contribution in [-0.2, 0) is 0 Å². The molecular weight excluding hydrogens is 304 g/mol. The molecule has 6 nitrogen and oxygen atoms in total. The maximum absolute atomic E-state index is 5.71. The Morgan fingerprint density at radius 3 is 3.08 bits per heavy atom. The lowest BCUT2D eigenvalue weighted by atomic mass is 9.93. The summed E-state index contributed by atoms with van der Waals surface area (Å²) in [5.74, 6) is 2.19. The maximum Gasteiger partial charge on any atom is 0.234 e. The van der Waals surface area contributed by atoms with Crippen molar-refractivity contribution < 1.29 is 9.26 Å². The van der Waals surface area contributed by atoms with E-state index in [1.807, 2.05) is 36.4 Å². The highest BCUT2D eigenvalue weighted by molar-refractivity contribution is 5.79. The number of para-hydroxylation sites is 1. The van der Waals surface area contributed by atoms with Crippen LogP contribution in [0.25, 0.3) is 22.4 Å². The van der Waals surface area contributed by atoms with Crippen molar-refractivity contribution in [1.82, 2.24) is 20.1 Å². The van der Waals surface area contributed by atoms with Crippen molar-refractivity contribution in [2.75, 3.05) is 6.61 Å². The zero-order valence-corrected chi connectivity index (χ0v) is 12.8. The van der Waals surface area contributed by atoms with Gasteiger partial charge < -0.3 is 14.2 Å². The van der Waals surface area contributed by atoms with Crippen molar-refractivity contribution in [2.24, 2.45) is 0 Å². The molecule has 1 atom stereocenters. The van der Waals surface area contributed by atoms with Gasteiger partial charge in [-0.1, -0.05) is 23.4 Å². The second-order valence-corrected chi connectivity index (χ2v) is 5.82. The molecule has 4 aromatic rings. The molecule has 0 saturated carbocycles. The summed E-state index contributed by atoms with van der Waals surface area (Å²) in [6, 6.07) is 13.9. The van der Waals surface area contributed by atoms with E-state index in [0.29, 0.717) is 18.3 Å². The zero-order valence-electron chi connectivity index (χ0n) is 12.8. The molecule has 24 heavy (non-hydrogen) atoms. The molecule has 0 spiro atoms. The van der Waals surface area contributed by atoms with Gasteiger partial charge in [0.15, 0.2) is 0 Å². The van der Waals surface area contributed by atoms with Crippen LogP contribution in [0.4, 0.5) is 0 Å². The van der Waals surface area contributed by atoms with E-state index in [0.717, 1.165) is 34.3 Å². The average molecular weight is 318 g/mol. The number of hydrogen-bond donors (Lipinski definition) is 1. The number of nitrogens with one attached hydrogen (secondary N) is 1. The third-order valence-corrected chi connectivity index (χ3v) is 4.38. The second kappa shape index (κ2) is 5.19. The molecule has 2 aromatic heterocycles. The molecule has 0 amide bonds. The minimum absolute atomic E-state index is 0.0760. The summed E-state index contributed by atoms with van der Waals surface area (Å²) >= 11 is 0. The van der Waals surface area contributed by atoms with E-state index in [-0.39, 0.29) is 5.92 Å². The Labute approximate surface area is 137 Å². The van der Waals surface area contributed by atoms with Crippen LogP contribution >= 0.6 is 0 Å². The first-order chi connectivity index (χ1) is 11.9. The minimum atomic E-state index is 0.0760. The van der Waals surface area contributed by atoms with Gasteiger partial charge in [-0.05, 0) is 30.7 Å². The Balaban J connectivity index is 1.53. The van der Waals surface area contributed by atoms with E-state index in [1.165, 1.54) is 0 Å². The van der Waals surface area contributed by atoms with Crippen LogP contribution in [0.5, 0.6) is 5.75 Å². The highest BCUT2D eigenvalue weighted by Gasteiger charge is 2.27. The molecule has 6 heteroatoms. The highest BCUT2D eigenvalue weighted by atomic mass is 16.5. The van der Waals surface area contributed by atoms with E-state index < -0.39 is 0 Å². The van der Waals surface area contributed by atoms with Crippen molar-refractivity contribution in [3.63, 3.8) is 0 Å². The molecule has 0 fully saturated rings. The SMILES string of the molecule is c1ccc2c(c1)OCCC2c1nc(-c2ccc3nc[nH]c3c2)no1. The summed E-state index contributed by atoms with van der Waals surface area (Å²) < 4.78 is 11.3. The standard InChI is InChI=1S/C18H14N4O2/c1-2-4-16-12(3-1)13(7-8-23-16)18-21-17(22-24-18)11-5-6-14-15(9-11)20-10-19-14/h1-6,9-10,13H,7-8H2,(H,19,20). The van der Waals surface area contributed by atoms with Gasteiger partial charge in [0.1, 0.15) is 5.75 Å². The lowest BCUT2D eigenvalue weighted by molar-refractivity contribution is 0.257. The molecular formula is C18H14N4O2. The first-order valence-corrected chi connectivity index (χ1v) is 7.87. The molecule has 0 aliphatic carbocycles. The van der Waals surface area contributed by atoms with Crippen molar-refractivity contribution >= 4 is 11.0 Å². The van der Waals surface area contributed by atoms with Crippen LogP contribution < -0.4 is 4.74 Å². The first kappa shape index (κ1) is 13.3. The molecule has 2 aromatic carbocycles. The van der Waals surface area contributed by atoms with Crippen LogP contribution in [0.3, 0.4) is 0 Å². The fourth-order valence-electron chi connectivity index (χ4n) is 3.17. The summed E-state index contributed by atoms with van der Waals surface area (Å²) in [5, 5.41) is 4.16. The number of rotatable bonds is 2. The van der Waals surface area contributed by atoms with Gasteiger partial charge in [0.05, 0.1) is 29.9 Å². The molecule has 0 bridgehead atoms. The van der Waals surface area contributed by atoms with Gasteiger partial charge in [-0.3, -0.25) is 0 Å². The summed E-state index contributed by atoms with van der Waals surface area (Å²) in [6.45, 7) is 0.652. The van der Waals surface area contributed by atoms with Crippen LogP contribution in [0.15, 0.2) is 53.3 Å². The largest absolute Gasteiger partial charge is 0.493 e. The Morgan fingerprint density at radius 1 is 1.12 bits per heavy atom. The Morgan fingerprint density at radius 2 is 2.08 bits per heavy atom. The summed E-state index contributed by atoms with van der Waals surface area (Å²) in [7, 11) is 0. The number of aromatic amines is 1. The number of H-pyrrole nitrogens is 1. The molecule has 1 N–H and O–H groups in total. The number of nitrogens with zero attached hydrogens (tertiary/aromatic N) is 3. The number of hydrogen-bond acceptors (Lipinski definition) is 5. The van der Waals surface area contributed by atoms with Crippen molar-refractivity contribution in [3.8, 4) is 17.1 Å². The van der Waals surface area contributed by atoms with Gasteiger partial charge in [0.25, 0.3) is 0 Å². The molecule has 118 valence electrons. The van der Waals surface area contributed by atoms with Gasteiger partial charge in [0.2, 0.25) is 11.7 Å². The monoisotopic (exact) mass is 318 g/mol. The predicted molar refractivity (Wildman–Crippen MR) is 87.8 cm³/mol. The topological polar surface area (TPSA) is 76.8 Å². The van der Waals surface area contributed by atoms with E-state index in [1.54, 1.807) is 6.33 Å². The van der Waals surface area contributed by atoms with Crippen LogP contribution in [0, 0.1) is 0 Å². The molecule has 0 radical (unpaired) electrons. The Bertz CT molecular complexity index is 1020. The number of fused-ring (bicyclic) bond motifs is 2. The molecule has 3 heterocycles. The van der Waals surface area contributed by atoms with Gasteiger partial charge in [0, 0.05) is 11.1 Å². The lowest BCUT2D eigenvalue weighted by Gasteiger charge is -2.22. The van der Waals surface area contributed by atoms with Gasteiger partial charge >= 0.3 is 0 Å². The molecule has 1 aliphatic rings. The number of ether oxygens (including phenoxy) is 1. The summed E-state index contributed by atoms with van der Waals surface area (Å²) in [4.78, 5) is 11.9. The molecule has 1 unspecified atom stereocenters. The van der Waals surface area contributed by atoms with E-state index in [9.17, 15) is 0 Å². The average Bonchev–Trinajstić information content (AvgIpc) is 3.30. The van der Waals surface area contributed by atoms with Gasteiger partial charge in [-0.25, -0.2) is 4.98 Å². The predicted octanol–water partition coefficient (Wildman–Crippen LogP) is 3.53. The lowest BCUT2D eigenvalue weighted by Crippen LogP contribution is -2.15. The minimum Gasteiger partial charge on any atom is -0.493 e. The normalized spacial score (nSPS) is 16.8. The third kappa shape index (κ3) is 2.07.